The molecule has 0 saturated carbocycles. The Labute approximate surface area is 150 Å². The predicted molar refractivity (Wildman–Crippen MR) is 97.1 cm³/mol. The number of ether oxygens (including phenoxy) is 1. The second-order valence-corrected chi connectivity index (χ2v) is 6.88. The van der Waals surface area contributed by atoms with Crippen LogP contribution in [0.3, 0.4) is 0 Å². The Hall–Kier alpha value is -3.15. The molecular formula is C20H19N3O3. The molecule has 1 amide bonds. The number of rotatable bonds is 4. The highest BCUT2D eigenvalue weighted by molar-refractivity contribution is 5.89. The SMILES string of the molecule is CC1(C(=O)NCc2ccc(-c3nc4ccccc4[nH]3)cc2)COC(=O)C1. The molecule has 4 rings (SSSR count). The van der Waals surface area contributed by atoms with Crippen molar-refractivity contribution < 1.29 is 14.3 Å². The topological polar surface area (TPSA) is 84.1 Å². The minimum atomic E-state index is -0.773. The molecule has 1 aliphatic rings. The van der Waals surface area contributed by atoms with Crippen LogP contribution < -0.4 is 5.32 Å². The molecule has 2 heterocycles. The summed E-state index contributed by atoms with van der Waals surface area (Å²) < 4.78 is 4.92. The fourth-order valence-corrected chi connectivity index (χ4v) is 3.07. The number of nitrogens with one attached hydrogen (secondary N) is 2. The molecule has 132 valence electrons. The molecule has 2 N–H and O–H groups in total. The third-order valence-electron chi connectivity index (χ3n) is 4.70. The highest BCUT2D eigenvalue weighted by Crippen LogP contribution is 2.29. The minimum Gasteiger partial charge on any atom is -0.464 e. The van der Waals surface area contributed by atoms with Crippen LogP contribution in [-0.2, 0) is 20.9 Å². The zero-order valence-electron chi connectivity index (χ0n) is 14.4. The van der Waals surface area contributed by atoms with Crippen LogP contribution in [-0.4, -0.2) is 28.5 Å². The van der Waals surface area contributed by atoms with E-state index in [1.165, 1.54) is 0 Å². The van der Waals surface area contributed by atoms with Gasteiger partial charge in [0, 0.05) is 12.1 Å². The summed E-state index contributed by atoms with van der Waals surface area (Å²) in [6.07, 6.45) is 0.129. The summed E-state index contributed by atoms with van der Waals surface area (Å²) in [7, 11) is 0. The van der Waals surface area contributed by atoms with Gasteiger partial charge in [0.05, 0.1) is 22.9 Å². The highest BCUT2D eigenvalue weighted by Gasteiger charge is 2.42. The van der Waals surface area contributed by atoms with E-state index >= 15 is 0 Å². The zero-order valence-corrected chi connectivity index (χ0v) is 14.4. The summed E-state index contributed by atoms with van der Waals surface area (Å²) in [5, 5.41) is 2.89. The van der Waals surface area contributed by atoms with Gasteiger partial charge in [-0.05, 0) is 24.6 Å². The third-order valence-corrected chi connectivity index (χ3v) is 4.70. The van der Waals surface area contributed by atoms with E-state index in [0.717, 1.165) is 28.0 Å². The van der Waals surface area contributed by atoms with E-state index in [0.29, 0.717) is 6.54 Å². The molecule has 1 atom stereocenters. The third kappa shape index (κ3) is 3.06. The van der Waals surface area contributed by atoms with Crippen molar-refractivity contribution in [1.82, 2.24) is 15.3 Å². The molecule has 3 aromatic rings. The number of aromatic nitrogens is 2. The molecule has 6 heteroatoms. The molecule has 6 nitrogen and oxygen atoms in total. The molecule has 0 spiro atoms. The van der Waals surface area contributed by atoms with Crippen molar-refractivity contribution in [3.05, 3.63) is 54.1 Å². The van der Waals surface area contributed by atoms with Crippen LogP contribution in [0.15, 0.2) is 48.5 Å². The Morgan fingerprint density at radius 1 is 1.23 bits per heavy atom. The van der Waals surface area contributed by atoms with Crippen LogP contribution in [0.4, 0.5) is 0 Å². The number of hydrogen-bond acceptors (Lipinski definition) is 4. The number of carbonyl (C=O) groups is 2. The van der Waals surface area contributed by atoms with Crippen molar-refractivity contribution in [3.8, 4) is 11.4 Å². The summed E-state index contributed by atoms with van der Waals surface area (Å²) in [5.74, 6) is 0.332. The van der Waals surface area contributed by atoms with Gasteiger partial charge >= 0.3 is 5.97 Å². The summed E-state index contributed by atoms with van der Waals surface area (Å²) in [6, 6.07) is 15.8. The number of fused-ring (bicyclic) bond motifs is 1. The number of amides is 1. The number of para-hydroxylation sites is 2. The van der Waals surface area contributed by atoms with E-state index in [1.807, 2.05) is 48.5 Å². The largest absolute Gasteiger partial charge is 0.464 e. The Bertz CT molecular complexity index is 944. The van der Waals surface area contributed by atoms with E-state index in [1.54, 1.807) is 6.92 Å². The minimum absolute atomic E-state index is 0.129. The maximum Gasteiger partial charge on any atom is 0.307 e. The number of H-pyrrole nitrogens is 1. The molecule has 1 aliphatic heterocycles. The van der Waals surface area contributed by atoms with Gasteiger partial charge in [-0.15, -0.1) is 0 Å². The summed E-state index contributed by atoms with van der Waals surface area (Å²) in [6.45, 7) is 2.30. The molecule has 1 aromatic heterocycles. The van der Waals surface area contributed by atoms with Crippen LogP contribution in [0, 0.1) is 5.41 Å². The fraction of sp³-hybridized carbons (Fsp3) is 0.250. The first-order valence-electron chi connectivity index (χ1n) is 8.51. The molecular weight excluding hydrogens is 330 g/mol. The lowest BCUT2D eigenvalue weighted by Crippen LogP contribution is -2.39. The number of carbonyl (C=O) groups excluding carboxylic acids is 2. The molecule has 0 aliphatic carbocycles. The van der Waals surface area contributed by atoms with E-state index in [-0.39, 0.29) is 24.9 Å². The second kappa shape index (κ2) is 6.29. The Kier molecular flexibility index (Phi) is 3.95. The molecule has 2 aromatic carbocycles. The number of imidazole rings is 1. The van der Waals surface area contributed by atoms with Gasteiger partial charge in [0.25, 0.3) is 0 Å². The van der Waals surface area contributed by atoms with Gasteiger partial charge in [-0.2, -0.15) is 0 Å². The lowest BCUT2D eigenvalue weighted by atomic mass is 9.88. The van der Waals surface area contributed by atoms with Crippen LogP contribution in [0.5, 0.6) is 0 Å². The van der Waals surface area contributed by atoms with Gasteiger partial charge in [0.1, 0.15) is 12.4 Å². The zero-order chi connectivity index (χ0) is 18.1. The maximum absolute atomic E-state index is 12.3. The van der Waals surface area contributed by atoms with Crippen molar-refractivity contribution in [2.24, 2.45) is 5.41 Å². The predicted octanol–water partition coefficient (Wildman–Crippen LogP) is 2.80. The van der Waals surface area contributed by atoms with Gasteiger partial charge in [-0.3, -0.25) is 9.59 Å². The molecule has 1 unspecified atom stereocenters. The van der Waals surface area contributed by atoms with Gasteiger partial charge in [0.2, 0.25) is 5.91 Å². The lowest BCUT2D eigenvalue weighted by molar-refractivity contribution is -0.137. The van der Waals surface area contributed by atoms with Gasteiger partial charge in [-0.1, -0.05) is 36.4 Å². The van der Waals surface area contributed by atoms with Crippen molar-refractivity contribution in [2.75, 3.05) is 6.61 Å². The number of aromatic amines is 1. The van der Waals surface area contributed by atoms with E-state index in [2.05, 4.69) is 15.3 Å². The fourth-order valence-electron chi connectivity index (χ4n) is 3.07. The summed E-state index contributed by atoms with van der Waals surface area (Å²) in [5.41, 5.74) is 3.12. The number of hydrogen-bond donors (Lipinski definition) is 2. The van der Waals surface area contributed by atoms with Crippen LogP contribution >= 0.6 is 0 Å². The second-order valence-electron chi connectivity index (χ2n) is 6.88. The smallest absolute Gasteiger partial charge is 0.307 e. The van der Waals surface area contributed by atoms with Crippen LogP contribution in [0.2, 0.25) is 0 Å². The standard InChI is InChI=1S/C20H19N3O3/c1-20(10-17(24)26-12-20)19(25)21-11-13-6-8-14(9-7-13)18-22-15-4-2-3-5-16(15)23-18/h2-9H,10-12H2,1H3,(H,21,25)(H,22,23). The first-order valence-corrected chi connectivity index (χ1v) is 8.51. The Morgan fingerprint density at radius 2 is 2.00 bits per heavy atom. The van der Waals surface area contributed by atoms with Crippen molar-refractivity contribution in [3.63, 3.8) is 0 Å². The lowest BCUT2D eigenvalue weighted by Gasteiger charge is -2.19. The Balaban J connectivity index is 1.43. The van der Waals surface area contributed by atoms with Crippen LogP contribution in [0.1, 0.15) is 18.9 Å². The molecule has 0 radical (unpaired) electrons. The molecule has 1 fully saturated rings. The highest BCUT2D eigenvalue weighted by atomic mass is 16.5. The normalized spacial score (nSPS) is 19.5. The number of nitrogens with zero attached hydrogens (tertiary/aromatic N) is 1. The Morgan fingerprint density at radius 3 is 2.69 bits per heavy atom. The van der Waals surface area contributed by atoms with E-state index in [4.69, 9.17) is 4.74 Å². The van der Waals surface area contributed by atoms with Crippen LogP contribution in [0.25, 0.3) is 22.4 Å². The molecule has 26 heavy (non-hydrogen) atoms. The summed E-state index contributed by atoms with van der Waals surface area (Å²) >= 11 is 0. The van der Waals surface area contributed by atoms with Crippen molar-refractivity contribution >= 4 is 22.9 Å². The van der Waals surface area contributed by atoms with Crippen molar-refractivity contribution in [1.29, 1.82) is 0 Å². The van der Waals surface area contributed by atoms with E-state index < -0.39 is 5.41 Å². The maximum atomic E-state index is 12.3. The van der Waals surface area contributed by atoms with Gasteiger partial charge in [-0.25, -0.2) is 4.98 Å². The number of esters is 1. The molecule has 1 saturated heterocycles. The van der Waals surface area contributed by atoms with Crippen molar-refractivity contribution in [2.45, 2.75) is 19.9 Å². The molecule has 0 bridgehead atoms. The first kappa shape index (κ1) is 16.3. The van der Waals surface area contributed by atoms with Gasteiger partial charge < -0.3 is 15.0 Å². The monoisotopic (exact) mass is 349 g/mol. The number of cyclic esters (lactones) is 1. The number of benzene rings is 2. The van der Waals surface area contributed by atoms with E-state index in [9.17, 15) is 9.59 Å². The van der Waals surface area contributed by atoms with Gasteiger partial charge in [0.15, 0.2) is 0 Å². The average molecular weight is 349 g/mol. The quantitative estimate of drug-likeness (QED) is 0.710. The first-order chi connectivity index (χ1) is 12.5. The summed E-state index contributed by atoms with van der Waals surface area (Å²) in [4.78, 5) is 31.5. The average Bonchev–Trinajstić information content (AvgIpc) is 3.24.